The fourth-order valence-corrected chi connectivity index (χ4v) is 4.07. The number of fused-ring (bicyclic) bond motifs is 1. The molecule has 6 heteroatoms. The van der Waals surface area contributed by atoms with Gasteiger partial charge < -0.3 is 9.80 Å². The van der Waals surface area contributed by atoms with Crippen molar-refractivity contribution in [3.63, 3.8) is 0 Å². The van der Waals surface area contributed by atoms with Crippen LogP contribution >= 0.6 is 0 Å². The van der Waals surface area contributed by atoms with E-state index in [1.54, 1.807) is 6.92 Å². The van der Waals surface area contributed by atoms with Crippen molar-refractivity contribution in [2.45, 2.75) is 57.9 Å². The lowest BCUT2D eigenvalue weighted by atomic mass is 9.83. The highest BCUT2D eigenvalue weighted by atomic mass is 16.2. The normalized spacial score (nSPS) is 21.6. The molecule has 134 valence electrons. The smallest absolute Gasteiger partial charge is 0.225 e. The molecule has 2 fully saturated rings. The van der Waals surface area contributed by atoms with Gasteiger partial charge in [-0.3, -0.25) is 9.59 Å². The van der Waals surface area contributed by atoms with Crippen molar-refractivity contribution < 1.29 is 9.59 Å². The number of piperidine rings is 1. The van der Waals surface area contributed by atoms with Crippen LogP contribution in [0.3, 0.4) is 0 Å². The van der Waals surface area contributed by atoms with E-state index < -0.39 is 0 Å². The first kappa shape index (κ1) is 16.5. The van der Waals surface area contributed by atoms with E-state index >= 15 is 0 Å². The number of nitrogens with zero attached hydrogens (tertiary/aromatic N) is 4. The lowest BCUT2D eigenvalue weighted by Crippen LogP contribution is -2.43. The third-order valence-electron chi connectivity index (χ3n) is 6.02. The molecule has 0 atom stereocenters. The van der Waals surface area contributed by atoms with Gasteiger partial charge in [-0.1, -0.05) is 6.42 Å². The van der Waals surface area contributed by atoms with Gasteiger partial charge in [0.1, 0.15) is 5.82 Å². The Hall–Kier alpha value is -1.98. The molecule has 0 spiro atoms. The Balaban J connectivity index is 1.39. The van der Waals surface area contributed by atoms with E-state index in [1.807, 2.05) is 16.0 Å². The fraction of sp³-hybridized carbons (Fsp3) is 0.684. The van der Waals surface area contributed by atoms with Gasteiger partial charge in [0.05, 0.1) is 5.69 Å². The Kier molecular flexibility index (Phi) is 4.44. The van der Waals surface area contributed by atoms with Crippen molar-refractivity contribution in [1.29, 1.82) is 0 Å². The maximum Gasteiger partial charge on any atom is 0.225 e. The Morgan fingerprint density at radius 2 is 1.84 bits per heavy atom. The monoisotopic (exact) mass is 342 g/mol. The molecule has 4 rings (SSSR count). The van der Waals surface area contributed by atoms with Crippen LogP contribution in [0.4, 0.5) is 0 Å². The van der Waals surface area contributed by atoms with Crippen LogP contribution in [0.15, 0.2) is 6.20 Å². The Morgan fingerprint density at radius 3 is 2.48 bits per heavy atom. The van der Waals surface area contributed by atoms with Crippen LogP contribution < -0.4 is 0 Å². The van der Waals surface area contributed by atoms with E-state index in [9.17, 15) is 9.59 Å². The Bertz CT molecular complexity index is 678. The van der Waals surface area contributed by atoms with Gasteiger partial charge in [-0.15, -0.1) is 0 Å². The molecule has 3 heterocycles. The van der Waals surface area contributed by atoms with Crippen molar-refractivity contribution in [1.82, 2.24) is 19.8 Å². The second kappa shape index (κ2) is 6.73. The first-order valence-electron chi connectivity index (χ1n) is 9.51. The molecule has 25 heavy (non-hydrogen) atoms. The van der Waals surface area contributed by atoms with Crippen LogP contribution in [-0.2, 0) is 22.6 Å². The zero-order chi connectivity index (χ0) is 17.4. The van der Waals surface area contributed by atoms with E-state index in [-0.39, 0.29) is 5.91 Å². The topological polar surface area (TPSA) is 66.4 Å². The summed E-state index contributed by atoms with van der Waals surface area (Å²) in [4.78, 5) is 37.2. The second-order valence-electron chi connectivity index (χ2n) is 7.62. The molecule has 1 saturated heterocycles. The van der Waals surface area contributed by atoms with Gasteiger partial charge in [-0.25, -0.2) is 9.97 Å². The molecule has 3 aliphatic rings. The highest BCUT2D eigenvalue weighted by Crippen LogP contribution is 2.32. The predicted molar refractivity (Wildman–Crippen MR) is 92.7 cm³/mol. The summed E-state index contributed by atoms with van der Waals surface area (Å²) in [6, 6.07) is 0. The summed E-state index contributed by atoms with van der Waals surface area (Å²) >= 11 is 0. The molecule has 1 aliphatic carbocycles. The van der Waals surface area contributed by atoms with Gasteiger partial charge in [0.15, 0.2) is 0 Å². The van der Waals surface area contributed by atoms with Gasteiger partial charge in [0, 0.05) is 63.1 Å². The van der Waals surface area contributed by atoms with E-state index in [2.05, 4.69) is 4.98 Å². The number of rotatable bonds is 2. The SMILES string of the molecule is CC(=O)N1CCc2nc(C3CCN(C(=O)C4CCC4)CC3)ncc2C1. The standard InChI is InChI=1S/C19H26N4O2/c1-13(24)23-10-7-17-16(12-23)11-20-18(21-17)14-5-8-22(9-6-14)19(25)15-3-2-4-15/h11,14-15H,2-10,12H2,1H3. The summed E-state index contributed by atoms with van der Waals surface area (Å²) in [5, 5.41) is 0. The lowest BCUT2D eigenvalue weighted by Gasteiger charge is -2.36. The number of aromatic nitrogens is 2. The van der Waals surface area contributed by atoms with Crippen LogP contribution in [-0.4, -0.2) is 51.2 Å². The maximum absolute atomic E-state index is 12.4. The van der Waals surface area contributed by atoms with Gasteiger partial charge in [-0.2, -0.15) is 0 Å². The van der Waals surface area contributed by atoms with Gasteiger partial charge >= 0.3 is 0 Å². The molecule has 0 radical (unpaired) electrons. The summed E-state index contributed by atoms with van der Waals surface area (Å²) in [6.45, 7) is 4.64. The molecule has 1 saturated carbocycles. The average molecular weight is 342 g/mol. The molecule has 0 N–H and O–H groups in total. The van der Waals surface area contributed by atoms with Crippen LogP contribution in [0, 0.1) is 5.92 Å². The molecule has 6 nitrogen and oxygen atoms in total. The summed E-state index contributed by atoms with van der Waals surface area (Å²) in [5.74, 6) is 2.03. The molecule has 0 aromatic carbocycles. The molecule has 2 aliphatic heterocycles. The maximum atomic E-state index is 12.4. The molecule has 0 unspecified atom stereocenters. The van der Waals surface area contributed by atoms with Crippen molar-refractivity contribution in [3.8, 4) is 0 Å². The number of amides is 2. The molecular formula is C19H26N4O2. The van der Waals surface area contributed by atoms with Crippen molar-refractivity contribution >= 4 is 11.8 Å². The van der Waals surface area contributed by atoms with Crippen molar-refractivity contribution in [2.75, 3.05) is 19.6 Å². The van der Waals surface area contributed by atoms with E-state index in [1.165, 1.54) is 6.42 Å². The van der Waals surface area contributed by atoms with Crippen molar-refractivity contribution in [3.05, 3.63) is 23.3 Å². The van der Waals surface area contributed by atoms with Crippen molar-refractivity contribution in [2.24, 2.45) is 5.92 Å². The number of carbonyl (C=O) groups is 2. The van der Waals surface area contributed by atoms with Gasteiger partial charge in [0.2, 0.25) is 11.8 Å². The van der Waals surface area contributed by atoms with Gasteiger partial charge in [0.25, 0.3) is 0 Å². The third kappa shape index (κ3) is 3.26. The largest absolute Gasteiger partial charge is 0.342 e. The van der Waals surface area contributed by atoms with Crippen LogP contribution in [0.25, 0.3) is 0 Å². The summed E-state index contributed by atoms with van der Waals surface area (Å²) < 4.78 is 0. The Morgan fingerprint density at radius 1 is 1.08 bits per heavy atom. The fourth-order valence-electron chi connectivity index (χ4n) is 4.07. The first-order valence-corrected chi connectivity index (χ1v) is 9.51. The van der Waals surface area contributed by atoms with Crippen LogP contribution in [0.1, 0.15) is 62.0 Å². The number of hydrogen-bond acceptors (Lipinski definition) is 4. The van der Waals surface area contributed by atoms with E-state index in [0.717, 1.165) is 68.8 Å². The first-order chi connectivity index (χ1) is 12.1. The highest BCUT2D eigenvalue weighted by molar-refractivity contribution is 5.79. The van der Waals surface area contributed by atoms with Crippen LogP contribution in [0.5, 0.6) is 0 Å². The van der Waals surface area contributed by atoms with E-state index in [4.69, 9.17) is 4.98 Å². The minimum atomic E-state index is 0.109. The van der Waals surface area contributed by atoms with E-state index in [0.29, 0.717) is 24.3 Å². The minimum absolute atomic E-state index is 0.109. The Labute approximate surface area is 148 Å². The number of hydrogen-bond donors (Lipinski definition) is 0. The molecule has 0 bridgehead atoms. The lowest BCUT2D eigenvalue weighted by molar-refractivity contribution is -0.139. The summed E-state index contributed by atoms with van der Waals surface area (Å²) in [7, 11) is 0. The molecule has 2 amide bonds. The minimum Gasteiger partial charge on any atom is -0.342 e. The van der Waals surface area contributed by atoms with Gasteiger partial charge in [-0.05, 0) is 25.7 Å². The molecule has 1 aromatic rings. The molecule has 1 aromatic heterocycles. The second-order valence-corrected chi connectivity index (χ2v) is 7.62. The number of likely N-dealkylation sites (tertiary alicyclic amines) is 1. The summed E-state index contributed by atoms with van der Waals surface area (Å²) in [6.07, 6.45) is 7.97. The summed E-state index contributed by atoms with van der Waals surface area (Å²) in [5.41, 5.74) is 2.17. The zero-order valence-electron chi connectivity index (χ0n) is 14.9. The molecular weight excluding hydrogens is 316 g/mol. The highest BCUT2D eigenvalue weighted by Gasteiger charge is 2.32. The number of carbonyl (C=O) groups excluding carboxylic acids is 2. The third-order valence-corrected chi connectivity index (χ3v) is 6.02. The predicted octanol–water partition coefficient (Wildman–Crippen LogP) is 1.89. The zero-order valence-corrected chi connectivity index (χ0v) is 14.9. The average Bonchev–Trinajstić information content (AvgIpc) is 2.59. The van der Waals surface area contributed by atoms with Crippen LogP contribution in [0.2, 0.25) is 0 Å². The quantitative estimate of drug-likeness (QED) is 0.823.